The van der Waals surface area contributed by atoms with E-state index in [1.165, 1.54) is 25.0 Å². The van der Waals surface area contributed by atoms with Crippen molar-refractivity contribution in [1.29, 1.82) is 0 Å². The molecule has 2 aliphatic heterocycles. The molecule has 2 aliphatic rings. The van der Waals surface area contributed by atoms with E-state index < -0.39 is 0 Å². The second-order valence-corrected chi connectivity index (χ2v) is 6.38. The highest BCUT2D eigenvalue weighted by Crippen LogP contribution is 2.42. The van der Waals surface area contributed by atoms with E-state index in [0.29, 0.717) is 23.0 Å². The van der Waals surface area contributed by atoms with E-state index in [9.17, 15) is 4.39 Å². The maximum atomic E-state index is 13.4. The lowest BCUT2D eigenvalue weighted by atomic mass is 9.82. The second-order valence-electron chi connectivity index (χ2n) is 5.97. The van der Waals surface area contributed by atoms with Gasteiger partial charge in [0.1, 0.15) is 5.82 Å². The summed E-state index contributed by atoms with van der Waals surface area (Å²) >= 11 is 6.17. The minimum Gasteiger partial charge on any atom is -0.324 e. The van der Waals surface area contributed by atoms with Crippen molar-refractivity contribution in [1.82, 2.24) is 4.90 Å². The van der Waals surface area contributed by atoms with Crippen molar-refractivity contribution in [3.05, 3.63) is 34.6 Å². The van der Waals surface area contributed by atoms with Gasteiger partial charge in [-0.1, -0.05) is 11.6 Å². The molecule has 1 aromatic rings. The molecule has 2 bridgehead atoms. The van der Waals surface area contributed by atoms with Crippen LogP contribution in [0, 0.1) is 11.7 Å². The summed E-state index contributed by atoms with van der Waals surface area (Å²) in [5, 5.41) is 0.583. The van der Waals surface area contributed by atoms with Crippen LogP contribution in [0.25, 0.3) is 0 Å². The molecule has 0 saturated carbocycles. The Labute approximate surface area is 118 Å². The first-order valence-electron chi connectivity index (χ1n) is 6.98. The normalized spacial score (nSPS) is 32.5. The Morgan fingerprint density at radius 3 is 2.58 bits per heavy atom. The van der Waals surface area contributed by atoms with Gasteiger partial charge in [0.2, 0.25) is 0 Å². The van der Waals surface area contributed by atoms with Crippen molar-refractivity contribution in [2.45, 2.75) is 43.8 Å². The van der Waals surface area contributed by atoms with Crippen molar-refractivity contribution in [2.24, 2.45) is 11.7 Å². The number of nitrogens with two attached hydrogens (primary N) is 1. The lowest BCUT2D eigenvalue weighted by Gasteiger charge is -2.39. The summed E-state index contributed by atoms with van der Waals surface area (Å²) in [6.07, 6.45) is 4.73. The first kappa shape index (κ1) is 13.3. The van der Waals surface area contributed by atoms with Crippen molar-refractivity contribution in [3.63, 3.8) is 0 Å². The third kappa shape index (κ3) is 2.39. The molecule has 0 aromatic heterocycles. The summed E-state index contributed by atoms with van der Waals surface area (Å²) in [5.74, 6) is 0.152. The van der Waals surface area contributed by atoms with Crippen LogP contribution in [0.3, 0.4) is 0 Å². The maximum absolute atomic E-state index is 13.4. The van der Waals surface area contributed by atoms with Gasteiger partial charge < -0.3 is 10.6 Å². The van der Waals surface area contributed by atoms with E-state index in [-0.39, 0.29) is 11.9 Å². The van der Waals surface area contributed by atoms with Gasteiger partial charge in [0.15, 0.2) is 0 Å². The third-order valence-electron chi connectivity index (χ3n) is 4.96. The lowest BCUT2D eigenvalue weighted by molar-refractivity contribution is 0.121. The van der Waals surface area contributed by atoms with Gasteiger partial charge in [-0.3, -0.25) is 0 Å². The van der Waals surface area contributed by atoms with Crippen LogP contribution in [0.2, 0.25) is 5.02 Å². The van der Waals surface area contributed by atoms with Crippen LogP contribution in [0.4, 0.5) is 4.39 Å². The average Bonchev–Trinajstić information content (AvgIpc) is 2.64. The van der Waals surface area contributed by atoms with Crippen LogP contribution < -0.4 is 5.73 Å². The van der Waals surface area contributed by atoms with Gasteiger partial charge in [0, 0.05) is 23.1 Å². The van der Waals surface area contributed by atoms with Crippen LogP contribution in [0.1, 0.15) is 37.3 Å². The first-order valence-corrected chi connectivity index (χ1v) is 7.36. The zero-order valence-electron chi connectivity index (χ0n) is 11.2. The highest BCUT2D eigenvalue weighted by molar-refractivity contribution is 6.31. The van der Waals surface area contributed by atoms with Crippen LogP contribution >= 0.6 is 11.6 Å². The van der Waals surface area contributed by atoms with E-state index in [0.717, 1.165) is 18.4 Å². The summed E-state index contributed by atoms with van der Waals surface area (Å²) in [7, 11) is 2.21. The van der Waals surface area contributed by atoms with Gasteiger partial charge in [-0.2, -0.15) is 0 Å². The Kier molecular flexibility index (Phi) is 3.54. The molecule has 0 aliphatic carbocycles. The summed E-state index contributed by atoms with van der Waals surface area (Å²) in [6, 6.07) is 5.61. The van der Waals surface area contributed by atoms with Crippen LogP contribution in [-0.2, 0) is 0 Å². The van der Waals surface area contributed by atoms with Crippen LogP contribution in [-0.4, -0.2) is 24.0 Å². The van der Waals surface area contributed by atoms with Gasteiger partial charge in [-0.05, 0) is 62.4 Å². The molecule has 3 atom stereocenters. The highest BCUT2D eigenvalue weighted by Gasteiger charge is 2.40. The quantitative estimate of drug-likeness (QED) is 0.901. The van der Waals surface area contributed by atoms with Gasteiger partial charge in [0.05, 0.1) is 0 Å². The number of fused-ring (bicyclic) bond motifs is 2. The molecular formula is C15H20ClFN2. The van der Waals surface area contributed by atoms with E-state index in [1.807, 2.05) is 0 Å². The molecular weight excluding hydrogens is 263 g/mol. The highest BCUT2D eigenvalue weighted by atomic mass is 35.5. The molecule has 2 fully saturated rings. The number of benzene rings is 1. The maximum Gasteiger partial charge on any atom is 0.123 e. The molecule has 19 heavy (non-hydrogen) atoms. The molecule has 0 spiro atoms. The number of rotatable bonds is 2. The predicted molar refractivity (Wildman–Crippen MR) is 75.6 cm³/mol. The van der Waals surface area contributed by atoms with E-state index in [2.05, 4.69) is 11.9 Å². The Morgan fingerprint density at radius 2 is 1.95 bits per heavy atom. The zero-order chi connectivity index (χ0) is 13.6. The monoisotopic (exact) mass is 282 g/mol. The Morgan fingerprint density at radius 1 is 1.32 bits per heavy atom. The molecule has 1 aromatic carbocycles. The van der Waals surface area contributed by atoms with Crippen molar-refractivity contribution in [2.75, 3.05) is 7.05 Å². The second kappa shape index (κ2) is 5.04. The third-order valence-corrected chi connectivity index (χ3v) is 5.30. The summed E-state index contributed by atoms with van der Waals surface area (Å²) < 4.78 is 13.4. The number of nitrogens with zero attached hydrogens (tertiary/aromatic N) is 1. The standard InChI is InChI=1S/C15H20ClFN2/c1-19-11-3-4-12(19)7-9(6-11)15(18)13-8-10(17)2-5-14(13)16/h2,5,8-9,11-12,15H,3-4,6-7,18H2,1H3. The minimum absolute atomic E-state index is 0.153. The number of hydrogen-bond acceptors (Lipinski definition) is 2. The van der Waals surface area contributed by atoms with Gasteiger partial charge in [-0.25, -0.2) is 4.39 Å². The van der Waals surface area contributed by atoms with E-state index >= 15 is 0 Å². The van der Waals surface area contributed by atoms with E-state index in [4.69, 9.17) is 17.3 Å². The smallest absolute Gasteiger partial charge is 0.123 e. The molecule has 2 saturated heterocycles. The molecule has 3 rings (SSSR count). The molecule has 104 valence electrons. The largest absolute Gasteiger partial charge is 0.324 e. The molecule has 2 heterocycles. The predicted octanol–water partition coefficient (Wildman–Crippen LogP) is 3.35. The average molecular weight is 283 g/mol. The number of halogens is 2. The Balaban J connectivity index is 1.81. The fourth-order valence-corrected chi connectivity index (χ4v) is 4.01. The van der Waals surface area contributed by atoms with Crippen LogP contribution in [0.5, 0.6) is 0 Å². The van der Waals surface area contributed by atoms with Gasteiger partial charge in [0.25, 0.3) is 0 Å². The first-order chi connectivity index (χ1) is 9.06. The summed E-state index contributed by atoms with van der Waals surface area (Å²) in [5.41, 5.74) is 7.13. The number of piperidine rings is 1. The Bertz CT molecular complexity index is 465. The zero-order valence-corrected chi connectivity index (χ0v) is 11.9. The van der Waals surface area contributed by atoms with Crippen molar-refractivity contribution >= 4 is 11.6 Å². The topological polar surface area (TPSA) is 29.3 Å². The van der Waals surface area contributed by atoms with Gasteiger partial charge >= 0.3 is 0 Å². The fourth-order valence-electron chi connectivity index (χ4n) is 3.77. The molecule has 4 heteroatoms. The molecule has 0 radical (unpaired) electrons. The van der Waals surface area contributed by atoms with E-state index in [1.54, 1.807) is 6.07 Å². The summed E-state index contributed by atoms with van der Waals surface area (Å²) in [6.45, 7) is 0. The number of hydrogen-bond donors (Lipinski definition) is 1. The lowest BCUT2D eigenvalue weighted by Crippen LogP contribution is -2.42. The van der Waals surface area contributed by atoms with Crippen LogP contribution in [0.15, 0.2) is 18.2 Å². The fraction of sp³-hybridized carbons (Fsp3) is 0.600. The SMILES string of the molecule is CN1C2CCC1CC(C(N)c1cc(F)ccc1Cl)C2. The minimum atomic E-state index is -0.259. The van der Waals surface area contributed by atoms with Crippen molar-refractivity contribution in [3.8, 4) is 0 Å². The molecule has 2 N–H and O–H groups in total. The molecule has 2 nitrogen and oxygen atoms in total. The summed E-state index contributed by atoms with van der Waals surface area (Å²) in [4.78, 5) is 2.48. The molecule has 0 amide bonds. The molecule has 3 unspecified atom stereocenters. The van der Waals surface area contributed by atoms with Crippen molar-refractivity contribution < 1.29 is 4.39 Å². The Hall–Kier alpha value is -0.640. The van der Waals surface area contributed by atoms with Gasteiger partial charge in [-0.15, -0.1) is 0 Å².